The number of anilines is 1. The molecular formula is C25H25ClFN7. The number of hydrogen-bond acceptors (Lipinski definition) is 6. The Morgan fingerprint density at radius 2 is 1.85 bits per heavy atom. The topological polar surface area (TPSA) is 72.6 Å². The van der Waals surface area contributed by atoms with Crippen LogP contribution in [0.3, 0.4) is 0 Å². The number of nitrogens with zero attached hydrogens (tertiary/aromatic N) is 7. The Morgan fingerprint density at radius 3 is 2.65 bits per heavy atom. The Labute approximate surface area is 202 Å². The van der Waals surface area contributed by atoms with Crippen molar-refractivity contribution < 1.29 is 4.39 Å². The van der Waals surface area contributed by atoms with E-state index in [1.807, 2.05) is 20.0 Å². The minimum Gasteiger partial charge on any atom is -0.368 e. The summed E-state index contributed by atoms with van der Waals surface area (Å²) in [5.74, 6) is 0.338. The second-order valence-electron chi connectivity index (χ2n) is 9.32. The lowest BCUT2D eigenvalue weighted by Gasteiger charge is -2.32. The number of rotatable bonds is 4. The van der Waals surface area contributed by atoms with Crippen molar-refractivity contribution >= 4 is 28.5 Å². The molecule has 6 rings (SSSR count). The third-order valence-electron chi connectivity index (χ3n) is 6.81. The van der Waals surface area contributed by atoms with Gasteiger partial charge in [-0.15, -0.1) is 0 Å². The summed E-state index contributed by atoms with van der Waals surface area (Å²) in [6.07, 6.45) is 8.49. The minimum absolute atomic E-state index is 0.0972. The van der Waals surface area contributed by atoms with Gasteiger partial charge in [0.1, 0.15) is 22.9 Å². The molecule has 2 aliphatic rings. The highest BCUT2D eigenvalue weighted by Gasteiger charge is 2.29. The van der Waals surface area contributed by atoms with Gasteiger partial charge in [0.2, 0.25) is 0 Å². The number of aromatic nitrogens is 6. The molecule has 1 saturated heterocycles. The summed E-state index contributed by atoms with van der Waals surface area (Å²) in [5.41, 5.74) is 4.53. The largest absolute Gasteiger partial charge is 0.368 e. The number of piperidine rings is 1. The van der Waals surface area contributed by atoms with E-state index in [1.54, 1.807) is 12.1 Å². The van der Waals surface area contributed by atoms with E-state index in [0.717, 1.165) is 43.0 Å². The summed E-state index contributed by atoms with van der Waals surface area (Å²) in [6.45, 7) is 5.55. The molecule has 1 aliphatic carbocycles. The van der Waals surface area contributed by atoms with Gasteiger partial charge < -0.3 is 4.90 Å². The highest BCUT2D eigenvalue weighted by molar-refractivity contribution is 6.30. The minimum atomic E-state index is -0.434. The Balaban J connectivity index is 1.41. The molecule has 1 atom stereocenters. The number of benzene rings is 1. The monoisotopic (exact) mass is 477 g/mol. The molecule has 1 saturated carbocycles. The molecule has 1 unspecified atom stereocenters. The Kier molecular flexibility index (Phi) is 5.21. The normalized spacial score (nSPS) is 18.6. The molecule has 0 amide bonds. The van der Waals surface area contributed by atoms with Crippen molar-refractivity contribution in [2.75, 3.05) is 18.0 Å². The number of hydrogen-bond donors (Lipinski definition) is 0. The van der Waals surface area contributed by atoms with Crippen molar-refractivity contribution in [2.45, 2.75) is 51.5 Å². The van der Waals surface area contributed by atoms with Crippen LogP contribution in [-0.4, -0.2) is 42.8 Å². The van der Waals surface area contributed by atoms with Gasteiger partial charge >= 0.3 is 0 Å². The zero-order chi connectivity index (χ0) is 23.4. The summed E-state index contributed by atoms with van der Waals surface area (Å²) in [5, 5.41) is 4.89. The van der Waals surface area contributed by atoms with Gasteiger partial charge in [0.25, 0.3) is 0 Å². The molecule has 7 nitrogen and oxygen atoms in total. The fourth-order valence-corrected chi connectivity index (χ4v) is 4.79. The highest BCUT2D eigenvalue weighted by atomic mass is 35.5. The molecular weight excluding hydrogens is 453 g/mol. The van der Waals surface area contributed by atoms with E-state index >= 15 is 0 Å². The van der Waals surface area contributed by atoms with E-state index in [4.69, 9.17) is 21.6 Å². The Bertz CT molecular complexity index is 1400. The van der Waals surface area contributed by atoms with E-state index in [0.29, 0.717) is 39.3 Å². The summed E-state index contributed by atoms with van der Waals surface area (Å²) >= 11 is 6.01. The van der Waals surface area contributed by atoms with E-state index in [9.17, 15) is 4.39 Å². The molecule has 4 aromatic rings. The smallest absolute Gasteiger partial charge is 0.182 e. The van der Waals surface area contributed by atoms with Crippen molar-refractivity contribution in [3.05, 3.63) is 58.6 Å². The van der Waals surface area contributed by atoms with Crippen LogP contribution >= 0.6 is 11.6 Å². The third kappa shape index (κ3) is 3.90. The fraction of sp³-hybridized carbons (Fsp3) is 0.400. The maximum absolute atomic E-state index is 15.0. The van der Waals surface area contributed by atoms with Gasteiger partial charge in [-0.05, 0) is 57.7 Å². The molecule has 1 aliphatic heterocycles. The maximum atomic E-state index is 15.0. The molecule has 0 bridgehead atoms. The van der Waals surface area contributed by atoms with E-state index < -0.39 is 5.82 Å². The van der Waals surface area contributed by atoms with Crippen LogP contribution in [0.4, 0.5) is 10.1 Å². The highest BCUT2D eigenvalue weighted by Crippen LogP contribution is 2.37. The van der Waals surface area contributed by atoms with Crippen LogP contribution in [-0.2, 0) is 0 Å². The lowest BCUT2D eigenvalue weighted by molar-refractivity contribution is 0.492. The second kappa shape index (κ2) is 8.27. The number of aryl methyl sites for hydroxylation is 2. The first kappa shape index (κ1) is 21.4. The second-order valence-corrected chi connectivity index (χ2v) is 9.75. The van der Waals surface area contributed by atoms with Gasteiger partial charge in [0, 0.05) is 35.8 Å². The molecule has 0 radical (unpaired) electrons. The molecule has 4 heterocycles. The Morgan fingerprint density at radius 1 is 1.03 bits per heavy atom. The van der Waals surface area contributed by atoms with Crippen LogP contribution in [0.1, 0.15) is 54.9 Å². The predicted molar refractivity (Wildman–Crippen MR) is 130 cm³/mol. The van der Waals surface area contributed by atoms with Crippen LogP contribution < -0.4 is 4.90 Å². The molecule has 0 spiro atoms. The van der Waals surface area contributed by atoms with Gasteiger partial charge in [-0.1, -0.05) is 11.6 Å². The van der Waals surface area contributed by atoms with E-state index in [-0.39, 0.29) is 5.92 Å². The average molecular weight is 478 g/mol. The Hall–Kier alpha value is -3.13. The first-order valence-electron chi connectivity index (χ1n) is 11.7. The zero-order valence-electron chi connectivity index (χ0n) is 19.2. The third-order valence-corrected chi connectivity index (χ3v) is 7.04. The lowest BCUT2D eigenvalue weighted by atomic mass is 9.96. The predicted octanol–water partition coefficient (Wildman–Crippen LogP) is 5.41. The summed E-state index contributed by atoms with van der Waals surface area (Å²) in [4.78, 5) is 21.4. The molecule has 0 N–H and O–H groups in total. The van der Waals surface area contributed by atoms with Crippen molar-refractivity contribution in [2.24, 2.45) is 0 Å². The summed E-state index contributed by atoms with van der Waals surface area (Å²) < 4.78 is 17.0. The van der Waals surface area contributed by atoms with E-state index in [1.165, 1.54) is 18.9 Å². The number of halogens is 2. The first-order chi connectivity index (χ1) is 16.5. The van der Waals surface area contributed by atoms with Crippen LogP contribution in [0, 0.1) is 19.7 Å². The molecule has 174 valence electrons. The molecule has 1 aromatic carbocycles. The summed E-state index contributed by atoms with van der Waals surface area (Å²) in [7, 11) is 0. The quantitative estimate of drug-likeness (QED) is 0.391. The maximum Gasteiger partial charge on any atom is 0.182 e. The van der Waals surface area contributed by atoms with Crippen molar-refractivity contribution in [3.63, 3.8) is 0 Å². The molecule has 3 aromatic heterocycles. The fourth-order valence-electron chi connectivity index (χ4n) is 4.63. The van der Waals surface area contributed by atoms with Crippen LogP contribution in [0.2, 0.25) is 5.02 Å². The van der Waals surface area contributed by atoms with Gasteiger partial charge in [0.15, 0.2) is 5.65 Å². The number of fused-ring (bicyclic) bond motifs is 1. The van der Waals surface area contributed by atoms with Crippen molar-refractivity contribution in [1.29, 1.82) is 0 Å². The van der Waals surface area contributed by atoms with Gasteiger partial charge in [-0.25, -0.2) is 24.3 Å². The van der Waals surface area contributed by atoms with Gasteiger partial charge in [0.05, 0.1) is 29.3 Å². The van der Waals surface area contributed by atoms with E-state index in [2.05, 4.69) is 30.8 Å². The molecule has 9 heteroatoms. The average Bonchev–Trinajstić information content (AvgIpc) is 3.56. The lowest BCUT2D eigenvalue weighted by Crippen LogP contribution is -2.35. The summed E-state index contributed by atoms with van der Waals surface area (Å²) in [6, 6.07) is 5.18. The van der Waals surface area contributed by atoms with Crippen molar-refractivity contribution in [3.8, 4) is 11.3 Å². The van der Waals surface area contributed by atoms with Gasteiger partial charge in [-0.2, -0.15) is 5.10 Å². The van der Waals surface area contributed by atoms with Crippen LogP contribution in [0.15, 0.2) is 30.6 Å². The standard InChI is InChI=1S/C25H25ClFN7/c1-14-15(2)30-25-23(29-14)22(20-8-5-17(26)10-21(20)27)31-24(32-25)16-4-3-9-33(12-16)19-11-28-34(13-19)18-6-7-18/h5,8,10-11,13,16,18H,3-4,6-7,9,12H2,1-2H3. The van der Waals surface area contributed by atoms with Gasteiger partial charge in [-0.3, -0.25) is 4.68 Å². The van der Waals surface area contributed by atoms with Crippen LogP contribution in [0.5, 0.6) is 0 Å². The van der Waals surface area contributed by atoms with Crippen molar-refractivity contribution in [1.82, 2.24) is 29.7 Å². The molecule has 2 fully saturated rings. The molecule has 34 heavy (non-hydrogen) atoms. The first-order valence-corrected chi connectivity index (χ1v) is 12.1. The zero-order valence-corrected chi connectivity index (χ0v) is 19.9. The SMILES string of the molecule is Cc1nc2nc(C3CCCN(c4cnn(C5CC5)c4)C3)nc(-c3ccc(Cl)cc3F)c2nc1C. The van der Waals surface area contributed by atoms with Crippen LogP contribution in [0.25, 0.3) is 22.4 Å².